The van der Waals surface area contributed by atoms with Crippen LogP contribution in [0, 0.1) is 5.92 Å². The third-order valence-electron chi connectivity index (χ3n) is 5.65. The molecule has 2 amide bonds. The Morgan fingerprint density at radius 3 is 2.58 bits per heavy atom. The Kier molecular flexibility index (Phi) is 6.30. The number of nitrogens with one attached hydrogen (secondary N) is 1. The molecule has 1 atom stereocenters. The van der Waals surface area contributed by atoms with Crippen LogP contribution in [0.2, 0.25) is 0 Å². The zero-order valence-corrected chi connectivity index (χ0v) is 16.0. The lowest BCUT2D eigenvalue weighted by Gasteiger charge is -2.26. The van der Waals surface area contributed by atoms with Gasteiger partial charge in [-0.1, -0.05) is 24.3 Å². The SMILES string of the molecule is CN(C)CCN1C(=O)CCC1CCNC(=O)CC1Cc2ccccc2C1. The Morgan fingerprint density at radius 2 is 1.92 bits per heavy atom. The summed E-state index contributed by atoms with van der Waals surface area (Å²) in [6, 6.07) is 8.77. The maximum Gasteiger partial charge on any atom is 0.222 e. The second-order valence-corrected chi connectivity index (χ2v) is 7.97. The molecule has 26 heavy (non-hydrogen) atoms. The number of likely N-dealkylation sites (N-methyl/N-ethyl adjacent to an activating group) is 1. The van der Waals surface area contributed by atoms with E-state index in [1.807, 2.05) is 19.0 Å². The van der Waals surface area contributed by atoms with Crippen LogP contribution < -0.4 is 5.32 Å². The Bertz CT molecular complexity index is 619. The number of nitrogens with zero attached hydrogens (tertiary/aromatic N) is 2. The van der Waals surface area contributed by atoms with E-state index >= 15 is 0 Å². The average Bonchev–Trinajstić information content (AvgIpc) is 3.15. The van der Waals surface area contributed by atoms with Gasteiger partial charge in [-0.3, -0.25) is 9.59 Å². The minimum absolute atomic E-state index is 0.145. The van der Waals surface area contributed by atoms with E-state index in [1.54, 1.807) is 0 Å². The van der Waals surface area contributed by atoms with E-state index in [0.717, 1.165) is 38.8 Å². The van der Waals surface area contributed by atoms with E-state index in [2.05, 4.69) is 34.5 Å². The Labute approximate surface area is 156 Å². The number of fused-ring (bicyclic) bond motifs is 1. The highest BCUT2D eigenvalue weighted by Crippen LogP contribution is 2.28. The smallest absolute Gasteiger partial charge is 0.222 e. The predicted molar refractivity (Wildman–Crippen MR) is 103 cm³/mol. The number of benzene rings is 1. The highest BCUT2D eigenvalue weighted by atomic mass is 16.2. The number of hydrogen-bond donors (Lipinski definition) is 1. The molecule has 5 nitrogen and oxygen atoms in total. The molecular weight excluding hydrogens is 326 g/mol. The average molecular weight is 357 g/mol. The van der Waals surface area contributed by atoms with Gasteiger partial charge >= 0.3 is 0 Å². The first-order valence-electron chi connectivity index (χ1n) is 9.80. The van der Waals surface area contributed by atoms with Gasteiger partial charge in [0.2, 0.25) is 11.8 Å². The third-order valence-corrected chi connectivity index (χ3v) is 5.65. The molecule has 0 radical (unpaired) electrons. The molecule has 1 unspecified atom stereocenters. The molecule has 0 bridgehead atoms. The van der Waals surface area contributed by atoms with Crippen LogP contribution in [-0.4, -0.2) is 61.4 Å². The van der Waals surface area contributed by atoms with Gasteiger partial charge in [0.25, 0.3) is 0 Å². The van der Waals surface area contributed by atoms with E-state index in [4.69, 9.17) is 0 Å². The van der Waals surface area contributed by atoms with Gasteiger partial charge < -0.3 is 15.1 Å². The molecule has 0 spiro atoms. The fraction of sp³-hybridized carbons (Fsp3) is 0.619. The predicted octanol–water partition coefficient (Wildman–Crippen LogP) is 1.85. The fourth-order valence-corrected chi connectivity index (χ4v) is 4.22. The summed E-state index contributed by atoms with van der Waals surface area (Å²) in [5, 5.41) is 3.08. The van der Waals surface area contributed by atoms with Gasteiger partial charge in [0.1, 0.15) is 0 Å². The molecule has 1 aliphatic carbocycles. The molecule has 1 saturated heterocycles. The van der Waals surface area contributed by atoms with Gasteiger partial charge in [-0.25, -0.2) is 0 Å². The van der Waals surface area contributed by atoms with Crippen LogP contribution in [0.15, 0.2) is 24.3 Å². The Morgan fingerprint density at radius 1 is 1.23 bits per heavy atom. The van der Waals surface area contributed by atoms with Crippen LogP contribution in [0.3, 0.4) is 0 Å². The summed E-state index contributed by atoms with van der Waals surface area (Å²) in [5.41, 5.74) is 2.79. The van der Waals surface area contributed by atoms with Gasteiger partial charge in [0, 0.05) is 38.5 Å². The van der Waals surface area contributed by atoms with Crippen LogP contribution >= 0.6 is 0 Å². The molecule has 0 aromatic heterocycles. The number of rotatable bonds is 8. The highest BCUT2D eigenvalue weighted by molar-refractivity contribution is 5.79. The summed E-state index contributed by atoms with van der Waals surface area (Å²) in [6.45, 7) is 2.33. The van der Waals surface area contributed by atoms with Crippen LogP contribution in [0.5, 0.6) is 0 Å². The molecule has 142 valence electrons. The van der Waals surface area contributed by atoms with Gasteiger partial charge in [-0.2, -0.15) is 0 Å². The summed E-state index contributed by atoms with van der Waals surface area (Å²) in [4.78, 5) is 28.4. The summed E-state index contributed by atoms with van der Waals surface area (Å²) < 4.78 is 0. The summed E-state index contributed by atoms with van der Waals surface area (Å²) in [5.74, 6) is 0.830. The van der Waals surface area contributed by atoms with Crippen LogP contribution in [0.4, 0.5) is 0 Å². The van der Waals surface area contributed by atoms with E-state index in [0.29, 0.717) is 25.3 Å². The molecule has 1 heterocycles. The molecule has 1 N–H and O–H groups in total. The highest BCUT2D eigenvalue weighted by Gasteiger charge is 2.30. The van der Waals surface area contributed by atoms with Crippen LogP contribution in [0.25, 0.3) is 0 Å². The van der Waals surface area contributed by atoms with Crippen molar-refractivity contribution >= 4 is 11.8 Å². The van der Waals surface area contributed by atoms with E-state index in [9.17, 15) is 9.59 Å². The first-order valence-corrected chi connectivity index (χ1v) is 9.80. The second-order valence-electron chi connectivity index (χ2n) is 7.97. The van der Waals surface area contributed by atoms with E-state index < -0.39 is 0 Å². The van der Waals surface area contributed by atoms with Gasteiger partial charge in [0.05, 0.1) is 0 Å². The van der Waals surface area contributed by atoms with Gasteiger partial charge in [-0.05, 0) is 56.8 Å². The normalized spacial score (nSPS) is 20.0. The van der Waals surface area contributed by atoms with Gasteiger partial charge in [-0.15, -0.1) is 0 Å². The van der Waals surface area contributed by atoms with Crippen LogP contribution in [-0.2, 0) is 22.4 Å². The van der Waals surface area contributed by atoms with Crippen molar-refractivity contribution in [1.29, 1.82) is 0 Å². The topological polar surface area (TPSA) is 52.6 Å². The molecule has 1 aromatic carbocycles. The summed E-state index contributed by atoms with van der Waals surface area (Å²) in [6.07, 6.45) is 5.04. The standard InChI is InChI=1S/C21H31N3O2/c1-23(2)11-12-24-19(7-8-21(24)26)9-10-22-20(25)15-16-13-17-5-3-4-6-18(17)14-16/h3-6,16,19H,7-15H2,1-2H3,(H,22,25). The van der Waals surface area contributed by atoms with Crippen LogP contribution in [0.1, 0.15) is 36.8 Å². The summed E-state index contributed by atoms with van der Waals surface area (Å²) >= 11 is 0. The van der Waals surface area contributed by atoms with Crippen molar-refractivity contribution in [3.8, 4) is 0 Å². The number of amides is 2. The second kappa shape index (κ2) is 8.67. The molecule has 2 aliphatic rings. The number of carbonyl (C=O) groups is 2. The lowest BCUT2D eigenvalue weighted by molar-refractivity contribution is -0.129. The Hall–Kier alpha value is -1.88. The zero-order chi connectivity index (χ0) is 18.5. The minimum Gasteiger partial charge on any atom is -0.356 e. The molecule has 0 saturated carbocycles. The van der Waals surface area contributed by atoms with Crippen molar-refractivity contribution < 1.29 is 9.59 Å². The lowest BCUT2D eigenvalue weighted by Crippen LogP contribution is -2.40. The van der Waals surface area contributed by atoms with Crippen molar-refractivity contribution in [1.82, 2.24) is 15.1 Å². The maximum absolute atomic E-state index is 12.3. The third kappa shape index (κ3) is 4.85. The Balaban J connectivity index is 1.38. The lowest BCUT2D eigenvalue weighted by atomic mass is 10.0. The monoisotopic (exact) mass is 357 g/mol. The van der Waals surface area contributed by atoms with Gasteiger partial charge in [0.15, 0.2) is 0 Å². The first kappa shape index (κ1) is 18.9. The molecule has 1 aromatic rings. The molecule has 3 rings (SSSR count). The van der Waals surface area contributed by atoms with Crippen molar-refractivity contribution in [3.63, 3.8) is 0 Å². The fourth-order valence-electron chi connectivity index (χ4n) is 4.22. The largest absolute Gasteiger partial charge is 0.356 e. The first-order chi connectivity index (χ1) is 12.5. The number of carbonyl (C=O) groups excluding carboxylic acids is 2. The van der Waals surface area contributed by atoms with E-state index in [-0.39, 0.29) is 17.9 Å². The zero-order valence-electron chi connectivity index (χ0n) is 16.0. The van der Waals surface area contributed by atoms with E-state index in [1.165, 1.54) is 11.1 Å². The molecular formula is C21H31N3O2. The maximum atomic E-state index is 12.3. The number of likely N-dealkylation sites (tertiary alicyclic amines) is 1. The minimum atomic E-state index is 0.145. The molecule has 5 heteroatoms. The summed E-state index contributed by atoms with van der Waals surface area (Å²) in [7, 11) is 4.05. The van der Waals surface area contributed by atoms with Crippen molar-refractivity contribution in [2.45, 2.75) is 44.6 Å². The molecule has 1 aliphatic heterocycles. The van der Waals surface area contributed by atoms with Crippen molar-refractivity contribution in [3.05, 3.63) is 35.4 Å². The quantitative estimate of drug-likeness (QED) is 0.773. The number of hydrogen-bond acceptors (Lipinski definition) is 3. The molecule has 1 fully saturated rings. The van der Waals surface area contributed by atoms with Crippen molar-refractivity contribution in [2.24, 2.45) is 5.92 Å². The van der Waals surface area contributed by atoms with Crippen molar-refractivity contribution in [2.75, 3.05) is 33.7 Å².